The van der Waals surface area contributed by atoms with Gasteiger partial charge in [-0.1, -0.05) is 44.2 Å². The number of carbonyl (C=O) groups is 1. The van der Waals surface area contributed by atoms with Crippen LogP contribution in [-0.4, -0.2) is 17.0 Å². The molecular weight excluding hydrogens is 356 g/mol. The molecule has 1 aromatic heterocycles. The average molecular weight is 387 g/mol. The number of hydrogen-bond donors (Lipinski definition) is 1. The van der Waals surface area contributed by atoms with Crippen molar-refractivity contribution in [2.45, 2.75) is 46.0 Å². The fourth-order valence-electron chi connectivity index (χ4n) is 4.43. The summed E-state index contributed by atoms with van der Waals surface area (Å²) in [7, 11) is 0. The van der Waals surface area contributed by atoms with Gasteiger partial charge in [-0.25, -0.2) is 0 Å². The molecule has 0 bridgehead atoms. The van der Waals surface area contributed by atoms with Gasteiger partial charge in [0, 0.05) is 29.2 Å². The monoisotopic (exact) mass is 386 g/mol. The Hall–Kier alpha value is -2.81. The van der Waals surface area contributed by atoms with Gasteiger partial charge in [0.05, 0.1) is 0 Å². The summed E-state index contributed by atoms with van der Waals surface area (Å²) in [6.07, 6.45) is 3.55. The van der Waals surface area contributed by atoms with Gasteiger partial charge in [-0.3, -0.25) is 4.79 Å². The lowest BCUT2D eigenvalue weighted by atomic mass is 9.89. The Kier molecular flexibility index (Phi) is 5.57. The molecule has 0 fully saturated rings. The summed E-state index contributed by atoms with van der Waals surface area (Å²) in [5.41, 5.74) is 7.30. The molecular formula is C26H30N2O. The van der Waals surface area contributed by atoms with E-state index in [9.17, 15) is 4.79 Å². The van der Waals surface area contributed by atoms with Crippen LogP contribution < -0.4 is 5.32 Å². The lowest BCUT2D eigenvalue weighted by Crippen LogP contribution is -2.27. The molecule has 0 unspecified atom stereocenters. The quantitative estimate of drug-likeness (QED) is 0.622. The number of carbonyl (C=O) groups excluding carboxylic acids is 1. The minimum atomic E-state index is -0.0144. The van der Waals surface area contributed by atoms with Gasteiger partial charge >= 0.3 is 0 Å². The highest BCUT2D eigenvalue weighted by Crippen LogP contribution is 2.30. The van der Waals surface area contributed by atoms with Crippen molar-refractivity contribution < 1.29 is 4.79 Å². The van der Waals surface area contributed by atoms with Crippen molar-refractivity contribution in [2.24, 2.45) is 5.92 Å². The Balaban J connectivity index is 1.45. The molecule has 29 heavy (non-hydrogen) atoms. The molecule has 1 amide bonds. The largest absolute Gasteiger partial charge is 0.351 e. The number of nitrogens with zero attached hydrogens (tertiary/aromatic N) is 1. The minimum Gasteiger partial charge on any atom is -0.351 e. The predicted molar refractivity (Wildman–Crippen MR) is 119 cm³/mol. The standard InChI is InChI=1S/C26H30N2O/c1-18-9-14-25-23(15-18)16-20(3)28(25)24-12-10-22(11-13-24)26(29)27-17-19(2)21-7-5-4-6-8-21/h4-8,10-13,16,18-19H,9,14-15,17H2,1-3H3,(H,27,29)/t18-,19+/m0/s1. The maximum absolute atomic E-state index is 12.6. The minimum absolute atomic E-state index is 0.0144. The van der Waals surface area contributed by atoms with E-state index in [1.54, 1.807) is 0 Å². The predicted octanol–water partition coefficient (Wildman–Crippen LogP) is 5.44. The van der Waals surface area contributed by atoms with E-state index in [4.69, 9.17) is 0 Å². The van der Waals surface area contributed by atoms with E-state index < -0.39 is 0 Å². The fourth-order valence-corrected chi connectivity index (χ4v) is 4.43. The first-order chi connectivity index (χ1) is 14.0. The van der Waals surface area contributed by atoms with Gasteiger partial charge in [-0.15, -0.1) is 0 Å². The van der Waals surface area contributed by atoms with Crippen LogP contribution in [0.1, 0.15) is 59.1 Å². The molecule has 4 rings (SSSR count). The normalized spacial score (nSPS) is 16.9. The third kappa shape index (κ3) is 4.14. The second kappa shape index (κ2) is 8.28. The van der Waals surface area contributed by atoms with Crippen LogP contribution in [0.2, 0.25) is 0 Å². The van der Waals surface area contributed by atoms with Crippen molar-refractivity contribution in [1.82, 2.24) is 9.88 Å². The molecule has 2 aromatic carbocycles. The smallest absolute Gasteiger partial charge is 0.251 e. The Morgan fingerprint density at radius 2 is 1.86 bits per heavy atom. The average Bonchev–Trinajstić information content (AvgIpc) is 3.07. The molecule has 1 N–H and O–H groups in total. The van der Waals surface area contributed by atoms with Crippen LogP contribution in [0.5, 0.6) is 0 Å². The summed E-state index contributed by atoms with van der Waals surface area (Å²) < 4.78 is 2.36. The topological polar surface area (TPSA) is 34.0 Å². The zero-order valence-corrected chi connectivity index (χ0v) is 17.6. The van der Waals surface area contributed by atoms with Crippen LogP contribution in [0.25, 0.3) is 5.69 Å². The van der Waals surface area contributed by atoms with Gasteiger partial charge < -0.3 is 9.88 Å². The van der Waals surface area contributed by atoms with Crippen LogP contribution in [0.3, 0.4) is 0 Å². The van der Waals surface area contributed by atoms with E-state index in [-0.39, 0.29) is 11.8 Å². The van der Waals surface area contributed by atoms with Gasteiger partial charge in [-0.05, 0) is 79.5 Å². The van der Waals surface area contributed by atoms with Gasteiger partial charge in [0.25, 0.3) is 5.91 Å². The van der Waals surface area contributed by atoms with Crippen molar-refractivity contribution in [2.75, 3.05) is 6.54 Å². The Morgan fingerprint density at radius 3 is 2.59 bits per heavy atom. The number of hydrogen-bond acceptors (Lipinski definition) is 1. The first kappa shape index (κ1) is 19.5. The van der Waals surface area contributed by atoms with Crippen LogP contribution in [0.4, 0.5) is 0 Å². The summed E-state index contributed by atoms with van der Waals surface area (Å²) >= 11 is 0. The van der Waals surface area contributed by atoms with E-state index >= 15 is 0 Å². The molecule has 1 aliphatic rings. The summed E-state index contributed by atoms with van der Waals surface area (Å²) in [6.45, 7) is 7.28. The highest BCUT2D eigenvalue weighted by Gasteiger charge is 2.21. The van der Waals surface area contributed by atoms with Crippen molar-refractivity contribution in [3.05, 3.63) is 88.7 Å². The van der Waals surface area contributed by atoms with Crippen molar-refractivity contribution >= 4 is 5.91 Å². The molecule has 0 spiro atoms. The van der Waals surface area contributed by atoms with E-state index in [0.29, 0.717) is 12.1 Å². The van der Waals surface area contributed by atoms with Crippen LogP contribution in [0.15, 0.2) is 60.7 Å². The zero-order valence-electron chi connectivity index (χ0n) is 17.6. The van der Waals surface area contributed by atoms with Crippen molar-refractivity contribution in [1.29, 1.82) is 0 Å². The van der Waals surface area contributed by atoms with Gasteiger partial charge in [0.2, 0.25) is 0 Å². The molecule has 0 radical (unpaired) electrons. The third-order valence-electron chi connectivity index (χ3n) is 6.14. The van der Waals surface area contributed by atoms with Gasteiger partial charge in [-0.2, -0.15) is 0 Å². The van der Waals surface area contributed by atoms with Crippen molar-refractivity contribution in [3.8, 4) is 5.69 Å². The van der Waals surface area contributed by atoms with Gasteiger partial charge in [0.15, 0.2) is 0 Å². The fraction of sp³-hybridized carbons (Fsp3) is 0.346. The molecule has 3 heteroatoms. The van der Waals surface area contributed by atoms with E-state index in [1.807, 2.05) is 30.3 Å². The molecule has 0 saturated carbocycles. The van der Waals surface area contributed by atoms with E-state index in [0.717, 1.165) is 18.0 Å². The van der Waals surface area contributed by atoms with Crippen LogP contribution >= 0.6 is 0 Å². The zero-order chi connectivity index (χ0) is 20.4. The summed E-state index contributed by atoms with van der Waals surface area (Å²) in [4.78, 5) is 12.6. The second-order valence-electron chi connectivity index (χ2n) is 8.51. The number of nitrogens with one attached hydrogen (secondary N) is 1. The molecule has 2 atom stereocenters. The van der Waals surface area contributed by atoms with Crippen LogP contribution in [-0.2, 0) is 12.8 Å². The SMILES string of the molecule is Cc1cc2c(n1-c1ccc(C(=O)NC[C@@H](C)c3ccccc3)cc1)CC[C@H](C)C2. The molecule has 3 nitrogen and oxygen atoms in total. The molecule has 0 saturated heterocycles. The number of amides is 1. The lowest BCUT2D eigenvalue weighted by Gasteiger charge is -2.21. The summed E-state index contributed by atoms with van der Waals surface area (Å²) in [5.74, 6) is 1.04. The maximum atomic E-state index is 12.6. The molecule has 3 aromatic rings. The van der Waals surface area contributed by atoms with Gasteiger partial charge in [0.1, 0.15) is 0 Å². The molecule has 1 heterocycles. The van der Waals surface area contributed by atoms with E-state index in [2.05, 4.69) is 61.0 Å². The Morgan fingerprint density at radius 1 is 1.14 bits per heavy atom. The third-order valence-corrected chi connectivity index (χ3v) is 6.14. The Labute approximate surface area is 173 Å². The highest BCUT2D eigenvalue weighted by atomic mass is 16.1. The number of aromatic nitrogens is 1. The van der Waals surface area contributed by atoms with Crippen molar-refractivity contribution in [3.63, 3.8) is 0 Å². The molecule has 0 aliphatic heterocycles. The first-order valence-electron chi connectivity index (χ1n) is 10.7. The number of aryl methyl sites for hydroxylation is 1. The summed E-state index contributed by atoms with van der Waals surface area (Å²) in [5, 5.41) is 3.07. The number of benzene rings is 2. The number of rotatable bonds is 5. The molecule has 150 valence electrons. The Bertz CT molecular complexity index is 986. The molecule has 1 aliphatic carbocycles. The summed E-state index contributed by atoms with van der Waals surface area (Å²) in [6, 6.07) is 20.6. The van der Waals surface area contributed by atoms with E-state index in [1.165, 1.54) is 35.4 Å². The first-order valence-corrected chi connectivity index (χ1v) is 10.7. The second-order valence-corrected chi connectivity index (χ2v) is 8.51. The number of fused-ring (bicyclic) bond motifs is 1. The van der Waals surface area contributed by atoms with Crippen LogP contribution in [0, 0.1) is 12.8 Å². The highest BCUT2D eigenvalue weighted by molar-refractivity contribution is 5.94. The maximum Gasteiger partial charge on any atom is 0.251 e. The lowest BCUT2D eigenvalue weighted by molar-refractivity contribution is 0.0951.